The maximum absolute atomic E-state index is 11.9. The second-order valence-electron chi connectivity index (χ2n) is 9.19. The number of amides is 1. The Morgan fingerprint density at radius 3 is 2.59 bits per heavy atom. The number of hydrogen-bond donors (Lipinski definition) is 3. The lowest BCUT2D eigenvalue weighted by Crippen LogP contribution is -2.34. The number of carbonyl (C=O) groups excluding carboxylic acids is 1. The van der Waals surface area contributed by atoms with Crippen molar-refractivity contribution in [2.24, 2.45) is 0 Å². The highest BCUT2D eigenvalue weighted by Crippen LogP contribution is 2.39. The molecule has 11 heteroatoms. The van der Waals surface area contributed by atoms with Gasteiger partial charge in [-0.2, -0.15) is 5.48 Å². The van der Waals surface area contributed by atoms with Gasteiger partial charge >= 0.3 is 0 Å². The minimum atomic E-state index is -0.192. The minimum Gasteiger partial charge on any atom is -0.508 e. The van der Waals surface area contributed by atoms with E-state index in [0.29, 0.717) is 29.1 Å². The van der Waals surface area contributed by atoms with Crippen molar-refractivity contribution in [1.29, 1.82) is 0 Å². The molecule has 3 N–H and O–H groups in total. The maximum atomic E-state index is 11.9. The average Bonchev–Trinajstić information content (AvgIpc) is 3.60. The molecule has 0 aliphatic carbocycles. The molecule has 2 aromatic heterocycles. The van der Waals surface area contributed by atoms with Gasteiger partial charge in [-0.1, -0.05) is 35.1 Å². The number of phenolic OH excluding ortho intramolecular Hbond substituents is 1. The van der Waals surface area contributed by atoms with E-state index >= 15 is 0 Å². The van der Waals surface area contributed by atoms with Crippen molar-refractivity contribution < 1.29 is 24.2 Å². The minimum absolute atomic E-state index is 0.192. The first-order valence-electron chi connectivity index (χ1n) is 12.8. The first-order valence-corrected chi connectivity index (χ1v) is 14.0. The molecule has 0 bridgehead atoms. The van der Waals surface area contributed by atoms with E-state index in [1.54, 1.807) is 44.7 Å². The van der Waals surface area contributed by atoms with Crippen molar-refractivity contribution in [2.45, 2.75) is 19.0 Å². The smallest absolute Gasteiger partial charge is 0.278 e. The van der Waals surface area contributed by atoms with Gasteiger partial charge in [0, 0.05) is 39.2 Å². The van der Waals surface area contributed by atoms with E-state index in [2.05, 4.69) is 15.4 Å². The van der Waals surface area contributed by atoms with Crippen LogP contribution in [0.15, 0.2) is 72.9 Å². The number of nitrogens with one attached hydrogen (secondary N) is 2. The Kier molecular flexibility index (Phi) is 9.05. The first-order chi connectivity index (χ1) is 20.0. The third-order valence-electron chi connectivity index (χ3n) is 6.66. The molecule has 0 saturated carbocycles. The van der Waals surface area contributed by atoms with Crippen molar-refractivity contribution in [3.8, 4) is 22.4 Å². The number of hydrogen-bond acceptors (Lipinski definition) is 8. The zero-order valence-corrected chi connectivity index (χ0v) is 24.0. The molecule has 3 aromatic carbocycles. The summed E-state index contributed by atoms with van der Waals surface area (Å²) in [6, 6.07) is 20.0. The molecule has 1 atom stereocenters. The first kappa shape index (κ1) is 28.4. The number of thiazole rings is 1. The van der Waals surface area contributed by atoms with Gasteiger partial charge in [0.2, 0.25) is 6.41 Å². The number of carbonyl (C=O) groups is 1. The van der Waals surface area contributed by atoms with E-state index in [1.165, 1.54) is 16.9 Å². The number of rotatable bonds is 8. The molecule has 0 radical (unpaired) electrons. The topological polar surface area (TPSA) is 109 Å². The lowest BCUT2D eigenvalue weighted by atomic mass is 9.93. The summed E-state index contributed by atoms with van der Waals surface area (Å²) in [6.45, 7) is 1.22. The van der Waals surface area contributed by atoms with Crippen LogP contribution in [0.3, 0.4) is 0 Å². The number of aromatic amines is 1. The summed E-state index contributed by atoms with van der Waals surface area (Å²) in [4.78, 5) is 27.4. The molecule has 1 aliphatic rings. The van der Waals surface area contributed by atoms with E-state index in [0.717, 1.165) is 45.6 Å². The molecule has 9 nitrogen and oxygen atoms in total. The summed E-state index contributed by atoms with van der Waals surface area (Å²) in [6.07, 6.45) is 3.46. The van der Waals surface area contributed by atoms with Crippen molar-refractivity contribution >= 4 is 40.3 Å². The van der Waals surface area contributed by atoms with Gasteiger partial charge in [-0.15, -0.1) is 0 Å². The summed E-state index contributed by atoms with van der Waals surface area (Å²) in [7, 11) is 3.17. The number of fused-ring (bicyclic) bond motifs is 3. The van der Waals surface area contributed by atoms with Crippen LogP contribution in [-0.2, 0) is 22.6 Å². The van der Waals surface area contributed by atoms with Crippen LogP contribution >= 0.6 is 22.9 Å². The average molecular weight is 593 g/mol. The second kappa shape index (κ2) is 13.0. The number of halogens is 1. The number of phenols is 1. The number of hydroxylamine groups is 1. The zero-order valence-electron chi connectivity index (χ0n) is 22.5. The zero-order chi connectivity index (χ0) is 28.8. The Balaban J connectivity index is 0.000000321. The van der Waals surface area contributed by atoms with Gasteiger partial charge in [0.25, 0.3) is 5.19 Å². The Morgan fingerprint density at radius 2 is 1.88 bits per heavy atom. The van der Waals surface area contributed by atoms with Gasteiger partial charge < -0.3 is 29.3 Å². The molecular formula is C30H29ClN4O5S. The predicted molar refractivity (Wildman–Crippen MR) is 159 cm³/mol. The number of aromatic nitrogens is 2. The van der Waals surface area contributed by atoms with Crippen LogP contribution in [0.25, 0.3) is 10.9 Å². The van der Waals surface area contributed by atoms with Gasteiger partial charge in [-0.3, -0.25) is 4.79 Å². The third kappa shape index (κ3) is 6.63. The number of H-pyrrole nitrogens is 1. The molecule has 212 valence electrons. The standard InChI is InChI=1S/C23H21ClN4O3S.C7H8O2/c1-30-26-12-17-11-25-23(32-17)31-16-5-2-14(3-6-16)22-21-18(8-9-28(22)13-29)19-10-15(24)4-7-20(19)27-21;1-9-7-4-2-6(8)3-5-7/h2-7,10-11,13,22,26-27H,8-9,12H2,1H3;2-5,8H,1H3. The Hall–Kier alpha value is -4.09. The summed E-state index contributed by atoms with van der Waals surface area (Å²) in [5.74, 6) is 1.70. The van der Waals surface area contributed by atoms with E-state index in [9.17, 15) is 4.79 Å². The van der Waals surface area contributed by atoms with Crippen LogP contribution in [0.5, 0.6) is 22.4 Å². The fraction of sp³-hybridized carbons (Fsp3) is 0.200. The highest BCUT2D eigenvalue weighted by molar-refractivity contribution is 7.13. The molecule has 41 heavy (non-hydrogen) atoms. The second-order valence-corrected chi connectivity index (χ2v) is 10.7. The molecular weight excluding hydrogens is 564 g/mol. The molecule has 0 fully saturated rings. The number of benzene rings is 3. The van der Waals surface area contributed by atoms with Gasteiger partial charge in [-0.05, 0) is 72.1 Å². The van der Waals surface area contributed by atoms with Crippen LogP contribution in [0.1, 0.15) is 27.7 Å². The van der Waals surface area contributed by atoms with Crippen LogP contribution in [0.2, 0.25) is 5.02 Å². The monoisotopic (exact) mass is 592 g/mol. The number of methoxy groups -OCH3 is 1. The quantitative estimate of drug-likeness (QED) is 0.145. The van der Waals surface area contributed by atoms with E-state index in [-0.39, 0.29) is 11.8 Å². The van der Waals surface area contributed by atoms with E-state index in [1.807, 2.05) is 47.4 Å². The summed E-state index contributed by atoms with van der Waals surface area (Å²) in [5.41, 5.74) is 7.07. The summed E-state index contributed by atoms with van der Waals surface area (Å²) in [5, 5.41) is 11.2. The molecule has 3 heterocycles. The number of ether oxygens (including phenoxy) is 2. The van der Waals surface area contributed by atoms with Crippen LogP contribution in [0.4, 0.5) is 0 Å². The predicted octanol–water partition coefficient (Wildman–Crippen LogP) is 6.23. The molecule has 6 rings (SSSR count). The highest BCUT2D eigenvalue weighted by atomic mass is 35.5. The van der Waals surface area contributed by atoms with Gasteiger partial charge in [0.1, 0.15) is 17.2 Å². The molecule has 0 saturated heterocycles. The molecule has 1 aliphatic heterocycles. The number of aromatic hydroxyl groups is 1. The Morgan fingerprint density at radius 1 is 1.12 bits per heavy atom. The summed E-state index contributed by atoms with van der Waals surface area (Å²) < 4.78 is 10.8. The van der Waals surface area contributed by atoms with E-state index in [4.69, 9.17) is 31.0 Å². The molecule has 1 amide bonds. The lowest BCUT2D eigenvalue weighted by Gasteiger charge is -2.33. The molecule has 0 spiro atoms. The van der Waals surface area contributed by atoms with Crippen molar-refractivity contribution in [3.63, 3.8) is 0 Å². The van der Waals surface area contributed by atoms with Crippen molar-refractivity contribution in [1.82, 2.24) is 20.3 Å². The summed E-state index contributed by atoms with van der Waals surface area (Å²) >= 11 is 7.68. The SMILES string of the molecule is CONCc1cnc(Oc2ccc(C3c4[nH]c5ccc(Cl)cc5c4CCN3C=O)cc2)s1.COc1ccc(O)cc1. The normalized spacial score (nSPS) is 14.2. The largest absolute Gasteiger partial charge is 0.508 e. The van der Waals surface area contributed by atoms with E-state index < -0.39 is 0 Å². The Labute approximate surface area is 246 Å². The van der Waals surface area contributed by atoms with Gasteiger partial charge in [0.15, 0.2) is 0 Å². The van der Waals surface area contributed by atoms with Crippen molar-refractivity contribution in [2.75, 3.05) is 20.8 Å². The number of nitrogens with zero attached hydrogens (tertiary/aromatic N) is 2. The third-order valence-corrected chi connectivity index (χ3v) is 7.77. The van der Waals surface area contributed by atoms with Crippen molar-refractivity contribution in [3.05, 3.63) is 99.6 Å². The van der Waals surface area contributed by atoms with Gasteiger partial charge in [-0.25, -0.2) is 4.98 Å². The van der Waals surface area contributed by atoms with Crippen LogP contribution < -0.4 is 15.0 Å². The van der Waals surface area contributed by atoms with Crippen LogP contribution in [-0.4, -0.2) is 47.1 Å². The van der Waals surface area contributed by atoms with Crippen LogP contribution in [0, 0.1) is 0 Å². The lowest BCUT2D eigenvalue weighted by molar-refractivity contribution is -0.120. The Bertz CT molecular complexity index is 1600. The fourth-order valence-corrected chi connectivity index (χ4v) is 5.59. The maximum Gasteiger partial charge on any atom is 0.278 e. The highest BCUT2D eigenvalue weighted by Gasteiger charge is 2.31. The molecule has 5 aromatic rings. The van der Waals surface area contributed by atoms with Gasteiger partial charge in [0.05, 0.1) is 26.8 Å². The fourth-order valence-electron chi connectivity index (χ4n) is 4.71. The molecule has 1 unspecified atom stereocenters.